The zero-order valence-electron chi connectivity index (χ0n) is 18.5. The average molecular weight is 442 g/mol. The Morgan fingerprint density at radius 2 is 2.06 bits per heavy atom. The van der Waals surface area contributed by atoms with Gasteiger partial charge in [0.25, 0.3) is 0 Å². The van der Waals surface area contributed by atoms with Crippen molar-refractivity contribution in [1.82, 2.24) is 4.90 Å². The number of hydrogen-bond acceptors (Lipinski definition) is 8. The number of fused-ring (bicyclic) bond motifs is 1. The largest absolute Gasteiger partial charge is 0.490 e. The Bertz CT molecular complexity index is 903. The predicted octanol–water partition coefficient (Wildman–Crippen LogP) is 2.34. The number of benzene rings is 1. The molecule has 1 aliphatic carbocycles. The van der Waals surface area contributed by atoms with Gasteiger partial charge in [-0.25, -0.2) is 0 Å². The van der Waals surface area contributed by atoms with E-state index in [1.165, 1.54) is 0 Å². The Morgan fingerprint density at radius 1 is 1.25 bits per heavy atom. The van der Waals surface area contributed by atoms with Gasteiger partial charge >= 0.3 is 0 Å². The number of ether oxygens (including phenoxy) is 4. The summed E-state index contributed by atoms with van der Waals surface area (Å²) in [5.74, 6) is 0.654. The van der Waals surface area contributed by atoms with Gasteiger partial charge < -0.3 is 24.7 Å². The standard InChI is InChI=1S/C24H31N3O5/c1-2-30-21-14-16(6-7-19(21)31-13-10-27-8-11-29-12-9-27)22-17(15-25)24(26)32-20-5-3-4-18(28)23(20)22/h6-7,14,20,22-23H,2-5,8-13,26H2,1H3/t20-,22-,23+/m0/s1. The fourth-order valence-corrected chi connectivity index (χ4v) is 4.84. The lowest BCUT2D eigenvalue weighted by molar-refractivity contribution is -0.132. The summed E-state index contributed by atoms with van der Waals surface area (Å²) in [7, 11) is 0. The van der Waals surface area contributed by atoms with Crippen LogP contribution in [0.3, 0.4) is 0 Å². The lowest BCUT2D eigenvalue weighted by atomic mass is 9.70. The Labute approximate surface area is 188 Å². The van der Waals surface area contributed by atoms with Crippen LogP contribution < -0.4 is 15.2 Å². The Hall–Kier alpha value is -2.76. The SMILES string of the molecule is CCOc1cc([C@H]2C(C#N)=C(N)O[C@H]3CCCC(=O)[C@H]32)ccc1OCCN1CCOCC1. The molecule has 1 aromatic rings. The number of ketones is 1. The van der Waals surface area contributed by atoms with Gasteiger partial charge in [-0.15, -0.1) is 0 Å². The molecule has 0 spiro atoms. The lowest BCUT2D eigenvalue weighted by Crippen LogP contribution is -2.43. The maximum absolute atomic E-state index is 12.8. The van der Waals surface area contributed by atoms with E-state index in [2.05, 4.69) is 11.0 Å². The molecule has 2 aliphatic heterocycles. The maximum atomic E-state index is 12.8. The summed E-state index contributed by atoms with van der Waals surface area (Å²) >= 11 is 0. The van der Waals surface area contributed by atoms with Crippen LogP contribution in [0.25, 0.3) is 0 Å². The van der Waals surface area contributed by atoms with Crippen LogP contribution in [-0.2, 0) is 14.3 Å². The minimum absolute atomic E-state index is 0.121. The van der Waals surface area contributed by atoms with E-state index >= 15 is 0 Å². The second-order valence-corrected chi connectivity index (χ2v) is 8.35. The van der Waals surface area contributed by atoms with Crippen molar-refractivity contribution in [3.63, 3.8) is 0 Å². The first-order valence-electron chi connectivity index (χ1n) is 11.4. The van der Waals surface area contributed by atoms with Crippen LogP contribution >= 0.6 is 0 Å². The van der Waals surface area contributed by atoms with Crippen LogP contribution in [0.15, 0.2) is 29.7 Å². The quantitative estimate of drug-likeness (QED) is 0.687. The highest BCUT2D eigenvalue weighted by Gasteiger charge is 2.46. The zero-order valence-corrected chi connectivity index (χ0v) is 18.5. The summed E-state index contributed by atoms with van der Waals surface area (Å²) < 4.78 is 23.1. The summed E-state index contributed by atoms with van der Waals surface area (Å²) in [5.41, 5.74) is 7.22. The van der Waals surface area contributed by atoms with E-state index in [0.717, 1.165) is 51.3 Å². The number of hydrogen-bond donors (Lipinski definition) is 1. The van der Waals surface area contributed by atoms with Crippen LogP contribution in [0.4, 0.5) is 0 Å². The predicted molar refractivity (Wildman–Crippen MR) is 117 cm³/mol. The normalized spacial score (nSPS) is 26.1. The van der Waals surface area contributed by atoms with Crippen molar-refractivity contribution in [1.29, 1.82) is 5.26 Å². The molecular weight excluding hydrogens is 410 g/mol. The molecule has 4 rings (SSSR count). The number of nitrogens with two attached hydrogens (primary N) is 1. The molecule has 0 bridgehead atoms. The van der Waals surface area contributed by atoms with Crippen LogP contribution in [0, 0.1) is 17.2 Å². The summed E-state index contributed by atoms with van der Waals surface area (Å²) in [6.45, 7) is 7.06. The number of nitrogens with zero attached hydrogens (tertiary/aromatic N) is 2. The topological polar surface area (TPSA) is 107 Å². The van der Waals surface area contributed by atoms with Crippen LogP contribution in [0.5, 0.6) is 11.5 Å². The number of allylic oxidation sites excluding steroid dienone is 1. The van der Waals surface area contributed by atoms with Crippen molar-refractivity contribution in [2.24, 2.45) is 11.7 Å². The first-order valence-corrected chi connectivity index (χ1v) is 11.4. The number of rotatable bonds is 7. The van der Waals surface area contributed by atoms with Gasteiger partial charge in [-0.05, 0) is 37.5 Å². The molecule has 2 heterocycles. The molecule has 0 amide bonds. The summed E-state index contributed by atoms with van der Waals surface area (Å²) in [5, 5.41) is 9.79. The number of morpholine rings is 1. The first-order chi connectivity index (χ1) is 15.6. The Morgan fingerprint density at radius 3 is 2.81 bits per heavy atom. The summed E-state index contributed by atoms with van der Waals surface area (Å²) in [6, 6.07) is 7.84. The number of carbonyl (C=O) groups excluding carboxylic acids is 1. The smallest absolute Gasteiger partial charge is 0.199 e. The third-order valence-electron chi connectivity index (χ3n) is 6.41. The van der Waals surface area contributed by atoms with Gasteiger partial charge in [0.1, 0.15) is 24.6 Å². The Kier molecular flexibility index (Phi) is 7.18. The number of Topliss-reactive ketones (excluding diaryl/α,β-unsaturated/α-hetero) is 1. The molecule has 8 heteroatoms. The molecule has 172 valence electrons. The van der Waals surface area contributed by atoms with Gasteiger partial charge in [0, 0.05) is 32.0 Å². The van der Waals surface area contributed by atoms with Crippen molar-refractivity contribution in [2.45, 2.75) is 38.2 Å². The third-order valence-corrected chi connectivity index (χ3v) is 6.41. The fraction of sp³-hybridized carbons (Fsp3) is 0.583. The Balaban J connectivity index is 1.57. The molecule has 3 aliphatic rings. The van der Waals surface area contributed by atoms with Gasteiger partial charge in [-0.1, -0.05) is 6.07 Å². The molecule has 0 aromatic heterocycles. The van der Waals surface area contributed by atoms with Crippen LogP contribution in [-0.4, -0.2) is 62.8 Å². The van der Waals surface area contributed by atoms with Crippen molar-refractivity contribution in [3.05, 3.63) is 35.2 Å². The molecule has 3 atom stereocenters. The van der Waals surface area contributed by atoms with Crippen molar-refractivity contribution in [2.75, 3.05) is 46.1 Å². The molecule has 8 nitrogen and oxygen atoms in total. The monoisotopic (exact) mass is 441 g/mol. The highest BCUT2D eigenvalue weighted by atomic mass is 16.5. The average Bonchev–Trinajstić information content (AvgIpc) is 2.80. The summed E-state index contributed by atoms with van der Waals surface area (Å²) in [4.78, 5) is 15.1. The highest BCUT2D eigenvalue weighted by Crippen LogP contribution is 2.46. The van der Waals surface area contributed by atoms with Gasteiger partial charge in [0.2, 0.25) is 0 Å². The maximum Gasteiger partial charge on any atom is 0.199 e. The van der Waals surface area contributed by atoms with Gasteiger partial charge in [0.05, 0.1) is 31.3 Å². The number of nitriles is 1. The van der Waals surface area contributed by atoms with E-state index in [-0.39, 0.29) is 17.8 Å². The molecule has 0 unspecified atom stereocenters. The first kappa shape index (κ1) is 22.4. The van der Waals surface area contributed by atoms with Crippen LogP contribution in [0.2, 0.25) is 0 Å². The highest BCUT2D eigenvalue weighted by molar-refractivity contribution is 5.84. The third kappa shape index (κ3) is 4.69. The minimum Gasteiger partial charge on any atom is -0.490 e. The second-order valence-electron chi connectivity index (χ2n) is 8.35. The molecule has 32 heavy (non-hydrogen) atoms. The van der Waals surface area contributed by atoms with Gasteiger partial charge in [-0.3, -0.25) is 9.69 Å². The van der Waals surface area contributed by atoms with Crippen molar-refractivity contribution >= 4 is 5.78 Å². The summed E-state index contributed by atoms with van der Waals surface area (Å²) in [6.07, 6.45) is 1.74. The molecule has 1 aromatic carbocycles. The second kappa shape index (κ2) is 10.2. The molecular formula is C24H31N3O5. The van der Waals surface area contributed by atoms with E-state index < -0.39 is 11.8 Å². The van der Waals surface area contributed by atoms with Gasteiger partial charge in [0.15, 0.2) is 17.4 Å². The van der Waals surface area contributed by atoms with E-state index in [1.807, 2.05) is 25.1 Å². The molecule has 2 fully saturated rings. The van der Waals surface area contributed by atoms with Gasteiger partial charge in [-0.2, -0.15) is 5.26 Å². The van der Waals surface area contributed by atoms with Crippen molar-refractivity contribution < 1.29 is 23.7 Å². The fourth-order valence-electron chi connectivity index (χ4n) is 4.84. The van der Waals surface area contributed by atoms with E-state index in [4.69, 9.17) is 24.7 Å². The van der Waals surface area contributed by atoms with E-state index in [0.29, 0.717) is 36.7 Å². The number of carbonyl (C=O) groups is 1. The lowest BCUT2D eigenvalue weighted by Gasteiger charge is -2.40. The van der Waals surface area contributed by atoms with E-state index in [9.17, 15) is 10.1 Å². The van der Waals surface area contributed by atoms with Crippen LogP contribution in [0.1, 0.15) is 37.7 Å². The molecule has 2 N–H and O–H groups in total. The van der Waals surface area contributed by atoms with E-state index in [1.54, 1.807) is 0 Å². The molecule has 1 saturated heterocycles. The molecule has 0 radical (unpaired) electrons. The zero-order chi connectivity index (χ0) is 22.5. The minimum atomic E-state index is -0.437. The molecule has 1 saturated carbocycles. The van der Waals surface area contributed by atoms with Crippen molar-refractivity contribution in [3.8, 4) is 17.6 Å².